The lowest BCUT2D eigenvalue weighted by molar-refractivity contribution is 0.0425. The zero-order chi connectivity index (χ0) is 16.1. The van der Waals surface area contributed by atoms with Crippen molar-refractivity contribution in [2.75, 3.05) is 19.8 Å². The third-order valence-corrected chi connectivity index (χ3v) is 5.14. The van der Waals surface area contributed by atoms with Crippen LogP contribution in [-0.2, 0) is 6.54 Å². The molecule has 128 valence electrons. The van der Waals surface area contributed by atoms with Crippen molar-refractivity contribution < 1.29 is 9.47 Å². The first kappa shape index (κ1) is 16.6. The van der Waals surface area contributed by atoms with E-state index in [2.05, 4.69) is 36.9 Å². The minimum atomic E-state index is 0.748. The van der Waals surface area contributed by atoms with Gasteiger partial charge in [0.15, 0.2) is 11.5 Å². The van der Waals surface area contributed by atoms with Crippen LogP contribution in [0.15, 0.2) is 18.2 Å². The fraction of sp³-hybridized carbons (Fsp3) is 0.700. The summed E-state index contributed by atoms with van der Waals surface area (Å²) < 4.78 is 11.8. The molecular formula is C20H31NO2. The zero-order valence-electron chi connectivity index (χ0n) is 14.7. The van der Waals surface area contributed by atoms with Crippen molar-refractivity contribution in [1.82, 2.24) is 4.90 Å². The van der Waals surface area contributed by atoms with Crippen LogP contribution in [0.1, 0.15) is 57.9 Å². The Morgan fingerprint density at radius 1 is 0.957 bits per heavy atom. The Morgan fingerprint density at radius 3 is 2.26 bits per heavy atom. The quantitative estimate of drug-likeness (QED) is 0.697. The number of ether oxygens (including phenoxy) is 2. The van der Waals surface area contributed by atoms with E-state index in [4.69, 9.17) is 9.47 Å². The van der Waals surface area contributed by atoms with Crippen LogP contribution in [0.2, 0.25) is 0 Å². The van der Waals surface area contributed by atoms with Gasteiger partial charge in [0.25, 0.3) is 0 Å². The number of benzene rings is 1. The van der Waals surface area contributed by atoms with Crippen LogP contribution in [0, 0.1) is 5.92 Å². The van der Waals surface area contributed by atoms with Crippen LogP contribution < -0.4 is 9.47 Å². The molecule has 0 unspecified atom stereocenters. The van der Waals surface area contributed by atoms with E-state index in [9.17, 15) is 0 Å². The Labute approximate surface area is 141 Å². The lowest BCUT2D eigenvalue weighted by Gasteiger charge is -2.45. The van der Waals surface area contributed by atoms with Gasteiger partial charge in [0.2, 0.25) is 0 Å². The molecule has 0 aromatic heterocycles. The summed E-state index contributed by atoms with van der Waals surface area (Å²) in [7, 11) is 0. The smallest absolute Gasteiger partial charge is 0.161 e. The molecule has 1 aromatic rings. The molecule has 3 heteroatoms. The van der Waals surface area contributed by atoms with Gasteiger partial charge in [-0.05, 0) is 62.1 Å². The minimum Gasteiger partial charge on any atom is -0.490 e. The highest BCUT2D eigenvalue weighted by Crippen LogP contribution is 2.36. The number of rotatable bonds is 8. The lowest BCUT2D eigenvalue weighted by atomic mass is 9.80. The van der Waals surface area contributed by atoms with E-state index in [1.165, 1.54) is 37.8 Å². The molecule has 3 aliphatic rings. The van der Waals surface area contributed by atoms with Crippen LogP contribution in [0.3, 0.4) is 0 Å². The van der Waals surface area contributed by atoms with E-state index in [1.54, 1.807) is 0 Å². The van der Waals surface area contributed by atoms with Gasteiger partial charge < -0.3 is 9.47 Å². The summed E-state index contributed by atoms with van der Waals surface area (Å²) in [6.45, 7) is 8.10. The molecule has 0 atom stereocenters. The molecule has 3 nitrogen and oxygen atoms in total. The van der Waals surface area contributed by atoms with E-state index in [0.717, 1.165) is 56.1 Å². The summed E-state index contributed by atoms with van der Waals surface area (Å²) in [5.74, 6) is 2.74. The molecule has 1 saturated carbocycles. The summed E-state index contributed by atoms with van der Waals surface area (Å²) in [4.78, 5) is 2.68. The third-order valence-electron chi connectivity index (χ3n) is 5.14. The molecule has 2 heterocycles. The first-order chi connectivity index (χ1) is 11.3. The van der Waals surface area contributed by atoms with Gasteiger partial charge >= 0.3 is 0 Å². The van der Waals surface area contributed by atoms with E-state index >= 15 is 0 Å². The molecule has 0 radical (unpaired) electrons. The van der Waals surface area contributed by atoms with Gasteiger partial charge in [0, 0.05) is 19.1 Å². The Balaban J connectivity index is 1.69. The molecule has 1 aromatic carbocycles. The van der Waals surface area contributed by atoms with Gasteiger partial charge in [0.05, 0.1) is 13.2 Å². The summed E-state index contributed by atoms with van der Waals surface area (Å²) >= 11 is 0. The van der Waals surface area contributed by atoms with Crippen LogP contribution in [0.4, 0.5) is 0 Å². The first-order valence-electron chi connectivity index (χ1n) is 9.42. The summed E-state index contributed by atoms with van der Waals surface area (Å²) in [5.41, 5.74) is 1.35. The number of piperidine rings is 2. The summed E-state index contributed by atoms with van der Waals surface area (Å²) in [6.07, 6.45) is 7.70. The molecule has 0 spiro atoms. The molecule has 2 aliphatic heterocycles. The average Bonchev–Trinajstić information content (AvgIpc) is 2.60. The van der Waals surface area contributed by atoms with Gasteiger partial charge in [-0.15, -0.1) is 0 Å². The molecule has 23 heavy (non-hydrogen) atoms. The Kier molecular flexibility index (Phi) is 5.82. The number of hydrogen-bond donors (Lipinski definition) is 0. The Morgan fingerprint density at radius 2 is 1.65 bits per heavy atom. The minimum absolute atomic E-state index is 0.748. The lowest BCUT2D eigenvalue weighted by Crippen LogP contribution is -2.47. The first-order valence-corrected chi connectivity index (χ1v) is 9.42. The van der Waals surface area contributed by atoms with Crippen LogP contribution in [0.5, 0.6) is 11.5 Å². The van der Waals surface area contributed by atoms with Crippen LogP contribution in [0.25, 0.3) is 0 Å². The highest BCUT2D eigenvalue weighted by molar-refractivity contribution is 5.43. The van der Waals surface area contributed by atoms with E-state index in [1.807, 2.05) is 0 Å². The fourth-order valence-corrected chi connectivity index (χ4v) is 3.91. The molecular weight excluding hydrogens is 286 g/mol. The molecule has 2 saturated heterocycles. The summed E-state index contributed by atoms with van der Waals surface area (Å²) in [6, 6.07) is 7.31. The average molecular weight is 317 g/mol. The van der Waals surface area contributed by atoms with E-state index in [0.29, 0.717) is 0 Å². The zero-order valence-corrected chi connectivity index (χ0v) is 14.7. The Hall–Kier alpha value is -1.22. The standard InChI is InChI=1S/C20H31NO2/c1-3-11-22-19-10-7-17(13-20(19)23-12-4-2)15-21-14-16-5-8-18(21)9-6-16/h7,10,13,16,18H,3-6,8-9,11-12,14-15H2,1-2H3. The van der Waals surface area contributed by atoms with Crippen LogP contribution >= 0.6 is 0 Å². The van der Waals surface area contributed by atoms with Gasteiger partial charge in [-0.2, -0.15) is 0 Å². The van der Waals surface area contributed by atoms with Crippen molar-refractivity contribution in [2.45, 2.75) is 65.0 Å². The predicted octanol–water partition coefficient (Wildman–Crippen LogP) is 4.64. The molecule has 1 aliphatic carbocycles. The van der Waals surface area contributed by atoms with Gasteiger partial charge in [-0.25, -0.2) is 0 Å². The normalized spacial score (nSPS) is 23.9. The fourth-order valence-electron chi connectivity index (χ4n) is 3.91. The maximum absolute atomic E-state index is 5.93. The number of hydrogen-bond acceptors (Lipinski definition) is 3. The monoisotopic (exact) mass is 317 g/mol. The molecule has 2 bridgehead atoms. The number of fused-ring (bicyclic) bond motifs is 3. The van der Waals surface area contributed by atoms with Crippen molar-refractivity contribution in [1.29, 1.82) is 0 Å². The van der Waals surface area contributed by atoms with E-state index in [-0.39, 0.29) is 0 Å². The molecule has 0 N–H and O–H groups in total. The molecule has 3 fully saturated rings. The largest absolute Gasteiger partial charge is 0.490 e. The van der Waals surface area contributed by atoms with Crippen LogP contribution in [-0.4, -0.2) is 30.7 Å². The third kappa shape index (κ3) is 4.20. The molecule has 4 rings (SSSR count). The topological polar surface area (TPSA) is 21.7 Å². The maximum Gasteiger partial charge on any atom is 0.161 e. The number of nitrogens with zero attached hydrogens (tertiary/aromatic N) is 1. The highest BCUT2D eigenvalue weighted by atomic mass is 16.5. The Bertz CT molecular complexity index is 494. The van der Waals surface area contributed by atoms with Gasteiger partial charge in [-0.1, -0.05) is 19.9 Å². The van der Waals surface area contributed by atoms with Crippen molar-refractivity contribution in [3.05, 3.63) is 23.8 Å². The summed E-state index contributed by atoms with van der Waals surface area (Å²) in [5, 5.41) is 0. The van der Waals surface area contributed by atoms with Gasteiger partial charge in [0.1, 0.15) is 0 Å². The predicted molar refractivity (Wildman–Crippen MR) is 94.2 cm³/mol. The maximum atomic E-state index is 5.93. The highest BCUT2D eigenvalue weighted by Gasteiger charge is 2.33. The van der Waals surface area contributed by atoms with Crippen molar-refractivity contribution >= 4 is 0 Å². The van der Waals surface area contributed by atoms with Crippen molar-refractivity contribution in [3.8, 4) is 11.5 Å². The SMILES string of the molecule is CCCOc1ccc(CN2CC3CCC2CC3)cc1OCCC. The second-order valence-electron chi connectivity index (χ2n) is 7.08. The molecule has 0 amide bonds. The van der Waals surface area contributed by atoms with E-state index < -0.39 is 0 Å². The van der Waals surface area contributed by atoms with Crippen molar-refractivity contribution in [3.63, 3.8) is 0 Å². The second-order valence-corrected chi connectivity index (χ2v) is 7.08. The second kappa shape index (κ2) is 8.05. The van der Waals surface area contributed by atoms with Crippen molar-refractivity contribution in [2.24, 2.45) is 5.92 Å². The van der Waals surface area contributed by atoms with Gasteiger partial charge in [-0.3, -0.25) is 4.90 Å².